The Bertz CT molecular complexity index is 316. The Kier molecular flexibility index (Phi) is 22.0. The molecule has 6 heteroatoms. The van der Waals surface area contributed by atoms with Gasteiger partial charge in [-0.2, -0.15) is 0 Å². The van der Waals surface area contributed by atoms with Crippen molar-refractivity contribution in [2.45, 2.75) is 78.1 Å². The minimum absolute atomic E-state index is 0. The number of unbranched alkanes of at least 4 members (excludes halogenated alkanes) is 8. The van der Waals surface area contributed by atoms with Gasteiger partial charge in [0.15, 0.2) is 0 Å². The second-order valence-corrected chi connectivity index (χ2v) is 5.93. The number of aromatic amines is 1. The van der Waals surface area contributed by atoms with Crippen molar-refractivity contribution in [2.24, 2.45) is 0 Å². The van der Waals surface area contributed by atoms with Gasteiger partial charge in [0, 0.05) is 12.1 Å². The van der Waals surface area contributed by atoms with Gasteiger partial charge in [-0.1, -0.05) is 58.3 Å². The van der Waals surface area contributed by atoms with E-state index in [2.05, 4.69) is 39.7 Å². The van der Waals surface area contributed by atoms with Crippen molar-refractivity contribution in [3.63, 3.8) is 0 Å². The van der Waals surface area contributed by atoms with E-state index in [-0.39, 0.29) is 44.3 Å². The molecule has 120 valence electrons. The normalized spacial score (nSPS) is 9.48. The third-order valence-corrected chi connectivity index (χ3v) is 4.16. The first-order chi connectivity index (χ1) is 8.74. The van der Waals surface area contributed by atoms with Crippen molar-refractivity contribution >= 4 is 15.9 Å². The van der Waals surface area contributed by atoms with Crippen LogP contribution >= 0.6 is 15.9 Å². The maximum absolute atomic E-state index is 4.44. The molecule has 0 spiro atoms. The van der Waals surface area contributed by atoms with E-state index in [0.717, 1.165) is 22.5 Å². The SMILES string of the molecule is CCCCCCCCCCCc1nc(Br)c(C)[nH]1.[Cl-].[Cl-].[Zn+2]. The summed E-state index contributed by atoms with van der Waals surface area (Å²) in [5, 5.41) is 0. The molecule has 1 heterocycles. The number of aryl methyl sites for hydroxylation is 2. The molecular formula is C15H27BrCl2N2Zn. The molecule has 0 aromatic carbocycles. The smallest absolute Gasteiger partial charge is 1.00 e. The molecule has 0 aliphatic rings. The van der Waals surface area contributed by atoms with Gasteiger partial charge in [-0.25, -0.2) is 4.98 Å². The van der Waals surface area contributed by atoms with E-state index in [1.54, 1.807) is 0 Å². The fourth-order valence-corrected chi connectivity index (χ4v) is 2.53. The summed E-state index contributed by atoms with van der Waals surface area (Å²) in [6.07, 6.45) is 13.5. The fraction of sp³-hybridized carbons (Fsp3) is 0.800. The van der Waals surface area contributed by atoms with E-state index in [1.165, 1.54) is 57.8 Å². The van der Waals surface area contributed by atoms with Gasteiger partial charge in [0.25, 0.3) is 0 Å². The predicted octanol–water partition coefficient (Wildman–Crippen LogP) is -0.441. The summed E-state index contributed by atoms with van der Waals surface area (Å²) in [6.45, 7) is 4.32. The molecule has 0 saturated heterocycles. The molecule has 0 unspecified atom stereocenters. The Hall–Kier alpha value is 0.893. The third-order valence-electron chi connectivity index (χ3n) is 3.39. The van der Waals surface area contributed by atoms with Gasteiger partial charge in [-0.3, -0.25) is 0 Å². The Balaban J connectivity index is -0.00000108. The molecule has 1 aromatic rings. The number of nitrogens with zero attached hydrogens (tertiary/aromatic N) is 1. The zero-order valence-corrected chi connectivity index (χ0v) is 19.4. The molecule has 21 heavy (non-hydrogen) atoms. The van der Waals surface area contributed by atoms with Crippen molar-refractivity contribution in [2.75, 3.05) is 0 Å². The predicted molar refractivity (Wildman–Crippen MR) is 82.0 cm³/mol. The molecule has 0 saturated carbocycles. The van der Waals surface area contributed by atoms with Crippen molar-refractivity contribution in [1.82, 2.24) is 9.97 Å². The molecular weight excluding hydrogens is 424 g/mol. The Morgan fingerprint density at radius 1 is 0.905 bits per heavy atom. The van der Waals surface area contributed by atoms with Crippen LogP contribution in [0.2, 0.25) is 0 Å². The molecule has 1 N–H and O–H groups in total. The van der Waals surface area contributed by atoms with E-state index in [4.69, 9.17) is 0 Å². The van der Waals surface area contributed by atoms with E-state index < -0.39 is 0 Å². The van der Waals surface area contributed by atoms with Crippen LogP contribution in [0.15, 0.2) is 4.60 Å². The molecule has 0 radical (unpaired) electrons. The molecule has 0 aliphatic heterocycles. The number of imidazole rings is 1. The van der Waals surface area contributed by atoms with E-state index in [0.29, 0.717) is 0 Å². The maximum atomic E-state index is 4.44. The van der Waals surface area contributed by atoms with Gasteiger partial charge in [0.2, 0.25) is 0 Å². The van der Waals surface area contributed by atoms with Crippen LogP contribution in [-0.2, 0) is 25.9 Å². The van der Waals surface area contributed by atoms with Crippen LogP contribution in [0.25, 0.3) is 0 Å². The molecule has 2 nitrogen and oxygen atoms in total. The van der Waals surface area contributed by atoms with Gasteiger partial charge >= 0.3 is 19.5 Å². The standard InChI is InChI=1S/C15H27BrN2.2ClH.Zn/c1-3-4-5-6-7-8-9-10-11-12-14-17-13(2)15(16)18-14;;;/h3-12H2,1-2H3,(H,17,18);2*1H;/q;;;+2/p-2. The van der Waals surface area contributed by atoms with Crippen LogP contribution in [0.1, 0.15) is 76.2 Å². The molecule has 0 fully saturated rings. The zero-order chi connectivity index (χ0) is 13.2. The van der Waals surface area contributed by atoms with Crippen LogP contribution in [0.3, 0.4) is 0 Å². The molecule has 0 amide bonds. The van der Waals surface area contributed by atoms with Crippen LogP contribution in [0, 0.1) is 6.92 Å². The van der Waals surface area contributed by atoms with Crippen LogP contribution < -0.4 is 24.8 Å². The average molecular weight is 452 g/mol. The van der Waals surface area contributed by atoms with Crippen LogP contribution in [-0.4, -0.2) is 9.97 Å². The van der Waals surface area contributed by atoms with Crippen molar-refractivity contribution in [3.8, 4) is 0 Å². The number of rotatable bonds is 10. The van der Waals surface area contributed by atoms with E-state index in [1.807, 2.05) is 0 Å². The van der Waals surface area contributed by atoms with Gasteiger partial charge < -0.3 is 29.8 Å². The number of hydrogen-bond acceptors (Lipinski definition) is 1. The largest absolute Gasteiger partial charge is 2.00 e. The summed E-state index contributed by atoms with van der Waals surface area (Å²) in [4.78, 5) is 7.75. The van der Waals surface area contributed by atoms with E-state index >= 15 is 0 Å². The summed E-state index contributed by atoms with van der Waals surface area (Å²) in [7, 11) is 0. The Morgan fingerprint density at radius 3 is 1.81 bits per heavy atom. The van der Waals surface area contributed by atoms with E-state index in [9.17, 15) is 0 Å². The second-order valence-electron chi connectivity index (χ2n) is 5.18. The molecule has 0 aliphatic carbocycles. The molecule has 0 atom stereocenters. The van der Waals surface area contributed by atoms with Crippen molar-refractivity contribution in [3.05, 3.63) is 16.1 Å². The van der Waals surface area contributed by atoms with Crippen molar-refractivity contribution < 1.29 is 44.3 Å². The third kappa shape index (κ3) is 13.1. The Morgan fingerprint density at radius 2 is 1.38 bits per heavy atom. The second kappa shape index (κ2) is 17.3. The Labute approximate surface area is 163 Å². The van der Waals surface area contributed by atoms with Gasteiger partial charge in [-0.15, -0.1) is 0 Å². The minimum atomic E-state index is 0. The minimum Gasteiger partial charge on any atom is -1.00 e. The summed E-state index contributed by atoms with van der Waals surface area (Å²) < 4.78 is 0.966. The number of H-pyrrole nitrogens is 1. The summed E-state index contributed by atoms with van der Waals surface area (Å²) in [5.74, 6) is 1.13. The van der Waals surface area contributed by atoms with Crippen molar-refractivity contribution in [1.29, 1.82) is 0 Å². The molecule has 0 bridgehead atoms. The average Bonchev–Trinajstić information content (AvgIpc) is 2.67. The van der Waals surface area contributed by atoms with Gasteiger partial charge in [-0.05, 0) is 29.3 Å². The maximum Gasteiger partial charge on any atom is 2.00 e. The number of hydrogen-bond donors (Lipinski definition) is 1. The first-order valence-corrected chi connectivity index (χ1v) is 8.24. The monoisotopic (exact) mass is 448 g/mol. The quantitative estimate of drug-likeness (QED) is 0.379. The van der Waals surface area contributed by atoms with Gasteiger partial charge in [0.1, 0.15) is 10.4 Å². The molecule has 1 rings (SSSR count). The summed E-state index contributed by atoms with van der Waals surface area (Å²) >= 11 is 3.44. The van der Waals surface area contributed by atoms with Crippen LogP contribution in [0.5, 0.6) is 0 Å². The number of aromatic nitrogens is 2. The first kappa shape index (κ1) is 26.8. The fourth-order valence-electron chi connectivity index (χ4n) is 2.22. The zero-order valence-electron chi connectivity index (χ0n) is 13.4. The first-order valence-electron chi connectivity index (χ1n) is 7.45. The van der Waals surface area contributed by atoms with Crippen LogP contribution in [0.4, 0.5) is 0 Å². The molecule has 1 aromatic heterocycles. The number of halogens is 3. The number of nitrogens with one attached hydrogen (secondary N) is 1. The summed E-state index contributed by atoms with van der Waals surface area (Å²) in [5.41, 5.74) is 1.14. The topological polar surface area (TPSA) is 28.7 Å². The van der Waals surface area contributed by atoms with Gasteiger partial charge in [0.05, 0.1) is 0 Å². The summed E-state index contributed by atoms with van der Waals surface area (Å²) in [6, 6.07) is 0.